The number of nitrogens with zero attached hydrogens (tertiary/aromatic N) is 2. The van der Waals surface area contributed by atoms with E-state index in [1.165, 1.54) is 19.4 Å². The molecule has 0 saturated carbocycles. The first-order valence-electron chi connectivity index (χ1n) is 6.43. The maximum absolute atomic E-state index is 9.44. The molecular weight excluding hydrogens is 248 g/mol. The van der Waals surface area contributed by atoms with E-state index in [1.54, 1.807) is 0 Å². The Balaban J connectivity index is 2.13. The number of benzene rings is 1. The van der Waals surface area contributed by atoms with Gasteiger partial charge >= 0.3 is 0 Å². The minimum Gasteiger partial charge on any atom is -0.392 e. The Morgan fingerprint density at radius 3 is 2.89 bits per heavy atom. The Labute approximate surface area is 114 Å². The second-order valence-electron chi connectivity index (χ2n) is 5.05. The zero-order valence-corrected chi connectivity index (χ0v) is 11.8. The molecule has 0 aliphatic carbocycles. The topological polar surface area (TPSA) is 26.7 Å². The van der Waals surface area contributed by atoms with E-state index in [9.17, 15) is 5.11 Å². The van der Waals surface area contributed by atoms with Crippen LogP contribution in [0.25, 0.3) is 0 Å². The molecule has 1 fully saturated rings. The first-order valence-corrected chi connectivity index (χ1v) is 6.81. The summed E-state index contributed by atoms with van der Waals surface area (Å²) in [7, 11) is 4.24. The van der Waals surface area contributed by atoms with E-state index in [-0.39, 0.29) is 6.61 Å². The van der Waals surface area contributed by atoms with Crippen LogP contribution in [0, 0.1) is 0 Å². The highest BCUT2D eigenvalue weighted by molar-refractivity contribution is 6.31. The number of aliphatic hydroxyl groups is 1. The third-order valence-corrected chi connectivity index (χ3v) is 4.17. The molecule has 0 aromatic heterocycles. The first kappa shape index (κ1) is 13.7. The van der Waals surface area contributed by atoms with Crippen molar-refractivity contribution in [2.45, 2.75) is 25.5 Å². The highest BCUT2D eigenvalue weighted by Crippen LogP contribution is 2.28. The van der Waals surface area contributed by atoms with Gasteiger partial charge < -0.3 is 14.9 Å². The van der Waals surface area contributed by atoms with E-state index in [2.05, 4.69) is 23.9 Å². The highest BCUT2D eigenvalue weighted by Gasteiger charge is 2.23. The average molecular weight is 269 g/mol. The molecule has 1 aromatic carbocycles. The van der Waals surface area contributed by atoms with Gasteiger partial charge in [-0.15, -0.1) is 0 Å². The van der Waals surface area contributed by atoms with Crippen molar-refractivity contribution in [3.63, 3.8) is 0 Å². The number of likely N-dealkylation sites (N-methyl/N-ethyl adjacent to an activating group) is 2. The van der Waals surface area contributed by atoms with E-state index in [1.807, 2.05) is 18.2 Å². The molecule has 100 valence electrons. The van der Waals surface area contributed by atoms with Crippen LogP contribution in [0.3, 0.4) is 0 Å². The predicted octanol–water partition coefficient (Wildman–Crippen LogP) is 2.36. The zero-order chi connectivity index (χ0) is 13.1. The number of aliphatic hydroxyl groups excluding tert-OH is 1. The van der Waals surface area contributed by atoms with Crippen molar-refractivity contribution in [2.75, 3.05) is 32.1 Å². The summed E-state index contributed by atoms with van der Waals surface area (Å²) in [5.41, 5.74) is 1.85. The van der Waals surface area contributed by atoms with E-state index < -0.39 is 0 Å². The Bertz CT molecular complexity index is 411. The summed E-state index contributed by atoms with van der Waals surface area (Å²) < 4.78 is 0. The molecule has 2 rings (SSSR count). The Morgan fingerprint density at radius 1 is 1.50 bits per heavy atom. The van der Waals surface area contributed by atoms with E-state index in [4.69, 9.17) is 11.6 Å². The number of likely N-dealkylation sites (tertiary alicyclic amines) is 1. The third kappa shape index (κ3) is 2.79. The molecule has 0 bridgehead atoms. The molecule has 3 nitrogen and oxygen atoms in total. The van der Waals surface area contributed by atoms with Gasteiger partial charge in [0.15, 0.2) is 0 Å². The minimum atomic E-state index is -0.0140. The van der Waals surface area contributed by atoms with Crippen LogP contribution in [0.1, 0.15) is 18.4 Å². The van der Waals surface area contributed by atoms with E-state index in [0.29, 0.717) is 11.1 Å². The van der Waals surface area contributed by atoms with Gasteiger partial charge in [-0.1, -0.05) is 17.7 Å². The van der Waals surface area contributed by atoms with Gasteiger partial charge in [-0.2, -0.15) is 0 Å². The quantitative estimate of drug-likeness (QED) is 0.908. The molecule has 0 spiro atoms. The summed E-state index contributed by atoms with van der Waals surface area (Å²) in [4.78, 5) is 4.60. The predicted molar refractivity (Wildman–Crippen MR) is 76.3 cm³/mol. The largest absolute Gasteiger partial charge is 0.392 e. The van der Waals surface area contributed by atoms with Crippen molar-refractivity contribution in [1.82, 2.24) is 4.90 Å². The van der Waals surface area contributed by atoms with Crippen LogP contribution in [-0.4, -0.2) is 43.2 Å². The lowest BCUT2D eigenvalue weighted by molar-refractivity contribution is 0.281. The molecule has 1 aliphatic heterocycles. The maximum atomic E-state index is 9.44. The van der Waals surface area contributed by atoms with Crippen molar-refractivity contribution in [3.8, 4) is 0 Å². The fraction of sp³-hybridized carbons (Fsp3) is 0.571. The maximum Gasteiger partial charge on any atom is 0.0716 e. The standard InChI is InChI=1S/C14H21ClN2O/c1-16-8-4-5-11(16)9-17(2)14-7-3-6-13(15)12(14)10-18/h3,6-7,11,18H,4-5,8-10H2,1-2H3. The third-order valence-electron chi connectivity index (χ3n) is 3.82. The fourth-order valence-corrected chi connectivity index (χ4v) is 2.92. The van der Waals surface area contributed by atoms with E-state index in [0.717, 1.165) is 17.8 Å². The molecule has 1 unspecified atom stereocenters. The van der Waals surface area contributed by atoms with Gasteiger partial charge in [0.05, 0.1) is 6.61 Å². The molecular formula is C14H21ClN2O. The number of hydrogen-bond donors (Lipinski definition) is 1. The second-order valence-corrected chi connectivity index (χ2v) is 5.46. The Hall–Kier alpha value is -0.770. The Kier molecular flexibility index (Phi) is 4.49. The summed E-state index contributed by atoms with van der Waals surface area (Å²) in [5, 5.41) is 10.1. The fourth-order valence-electron chi connectivity index (χ4n) is 2.69. The molecule has 0 radical (unpaired) electrons. The molecule has 18 heavy (non-hydrogen) atoms. The van der Waals surface area contributed by atoms with Gasteiger partial charge in [-0.3, -0.25) is 0 Å². The molecule has 1 heterocycles. The molecule has 1 aromatic rings. The highest BCUT2D eigenvalue weighted by atomic mass is 35.5. The van der Waals surface area contributed by atoms with Gasteiger partial charge in [0, 0.05) is 35.9 Å². The van der Waals surface area contributed by atoms with Gasteiger partial charge in [0.25, 0.3) is 0 Å². The summed E-state index contributed by atoms with van der Waals surface area (Å²) in [6.07, 6.45) is 2.52. The first-order chi connectivity index (χ1) is 8.63. The van der Waals surface area contributed by atoms with Crippen LogP contribution in [0.15, 0.2) is 18.2 Å². The SMILES string of the molecule is CN(CC1CCCN1C)c1cccc(Cl)c1CO. The molecule has 4 heteroatoms. The van der Waals surface area contributed by atoms with Crippen molar-refractivity contribution >= 4 is 17.3 Å². The lowest BCUT2D eigenvalue weighted by Gasteiger charge is -2.28. The van der Waals surface area contributed by atoms with E-state index >= 15 is 0 Å². The van der Waals surface area contributed by atoms with Crippen LogP contribution in [0.2, 0.25) is 5.02 Å². The lowest BCUT2D eigenvalue weighted by atomic mass is 10.1. The normalized spacial score (nSPS) is 20.3. The van der Waals surface area contributed by atoms with Crippen molar-refractivity contribution in [2.24, 2.45) is 0 Å². The molecule has 1 atom stereocenters. The number of halogens is 1. The van der Waals surface area contributed by atoms with Gasteiger partial charge in [-0.25, -0.2) is 0 Å². The number of rotatable bonds is 4. The van der Waals surface area contributed by atoms with Gasteiger partial charge in [-0.05, 0) is 38.6 Å². The molecule has 1 N–H and O–H groups in total. The average Bonchev–Trinajstić information content (AvgIpc) is 2.74. The van der Waals surface area contributed by atoms with Crippen molar-refractivity contribution < 1.29 is 5.11 Å². The van der Waals surface area contributed by atoms with Crippen LogP contribution in [-0.2, 0) is 6.61 Å². The van der Waals surface area contributed by atoms with Gasteiger partial charge in [0.1, 0.15) is 0 Å². The Morgan fingerprint density at radius 2 is 2.28 bits per heavy atom. The number of hydrogen-bond acceptors (Lipinski definition) is 3. The lowest BCUT2D eigenvalue weighted by Crippen LogP contribution is -2.37. The summed E-state index contributed by atoms with van der Waals surface area (Å²) in [6.45, 7) is 2.14. The van der Waals surface area contributed by atoms with Gasteiger partial charge in [0.2, 0.25) is 0 Å². The second kappa shape index (κ2) is 5.91. The molecule has 1 aliphatic rings. The summed E-state index contributed by atoms with van der Waals surface area (Å²) in [6, 6.07) is 6.38. The zero-order valence-electron chi connectivity index (χ0n) is 11.1. The summed E-state index contributed by atoms with van der Waals surface area (Å²) >= 11 is 6.12. The molecule has 1 saturated heterocycles. The molecule has 0 amide bonds. The van der Waals surface area contributed by atoms with Crippen LogP contribution in [0.5, 0.6) is 0 Å². The minimum absolute atomic E-state index is 0.0140. The van der Waals surface area contributed by atoms with Crippen LogP contribution < -0.4 is 4.90 Å². The number of anilines is 1. The van der Waals surface area contributed by atoms with Crippen LogP contribution in [0.4, 0.5) is 5.69 Å². The monoisotopic (exact) mass is 268 g/mol. The van der Waals surface area contributed by atoms with Crippen molar-refractivity contribution in [1.29, 1.82) is 0 Å². The smallest absolute Gasteiger partial charge is 0.0716 e. The summed E-state index contributed by atoms with van der Waals surface area (Å²) in [5.74, 6) is 0. The van der Waals surface area contributed by atoms with Crippen LogP contribution >= 0.6 is 11.6 Å². The van der Waals surface area contributed by atoms with Crippen molar-refractivity contribution in [3.05, 3.63) is 28.8 Å².